The lowest BCUT2D eigenvalue weighted by Gasteiger charge is -2.38. The van der Waals surface area contributed by atoms with Crippen molar-refractivity contribution in [3.05, 3.63) is 36.5 Å². The Morgan fingerprint density at radius 1 is 1.36 bits per heavy atom. The van der Waals surface area contributed by atoms with Crippen LogP contribution in [0.2, 0.25) is 0 Å². The standard InChI is InChI=1S/C19H22N8O/c1-12-4-7-25(17(28)11-27-13(2)22-23-24-27)10-16(12)26-8-5-14-9-21-19-15(18(14)26)3-6-20-19/h3,5-6,8-9,12,16H,4,7,10-11H2,1-2H3,(H,20,21)/t12-,16+/m1/s1. The van der Waals surface area contributed by atoms with E-state index in [9.17, 15) is 4.79 Å². The summed E-state index contributed by atoms with van der Waals surface area (Å²) >= 11 is 0. The molecule has 5 heterocycles. The maximum absolute atomic E-state index is 12.9. The molecule has 4 aromatic heterocycles. The van der Waals surface area contributed by atoms with Crippen LogP contribution in [0.3, 0.4) is 0 Å². The van der Waals surface area contributed by atoms with Crippen LogP contribution in [0, 0.1) is 12.8 Å². The number of hydrogen-bond donors (Lipinski definition) is 1. The smallest absolute Gasteiger partial charge is 0.244 e. The largest absolute Gasteiger partial charge is 0.346 e. The lowest BCUT2D eigenvalue weighted by Crippen LogP contribution is -2.45. The zero-order chi connectivity index (χ0) is 19.3. The van der Waals surface area contributed by atoms with Gasteiger partial charge >= 0.3 is 0 Å². The molecule has 0 saturated carbocycles. The van der Waals surface area contributed by atoms with Gasteiger partial charge in [-0.2, -0.15) is 0 Å². The maximum atomic E-state index is 12.9. The van der Waals surface area contributed by atoms with Crippen LogP contribution in [0.1, 0.15) is 25.2 Å². The van der Waals surface area contributed by atoms with E-state index in [1.807, 2.05) is 17.3 Å². The Balaban J connectivity index is 1.46. The van der Waals surface area contributed by atoms with Gasteiger partial charge in [-0.3, -0.25) is 4.79 Å². The van der Waals surface area contributed by atoms with Gasteiger partial charge in [-0.15, -0.1) is 5.10 Å². The average molecular weight is 378 g/mol. The second-order valence-electron chi connectivity index (χ2n) is 7.58. The third kappa shape index (κ3) is 2.65. The number of pyridine rings is 1. The lowest BCUT2D eigenvalue weighted by molar-refractivity contribution is -0.134. The van der Waals surface area contributed by atoms with E-state index < -0.39 is 0 Å². The topological polar surface area (TPSA) is 97.5 Å². The lowest BCUT2D eigenvalue weighted by atomic mass is 9.93. The molecular formula is C19H22N8O. The number of nitrogens with zero attached hydrogens (tertiary/aromatic N) is 7. The van der Waals surface area contributed by atoms with Crippen LogP contribution in [0.15, 0.2) is 30.7 Å². The number of hydrogen-bond acceptors (Lipinski definition) is 5. The molecule has 9 heteroatoms. The van der Waals surface area contributed by atoms with Crippen molar-refractivity contribution in [3.8, 4) is 0 Å². The summed E-state index contributed by atoms with van der Waals surface area (Å²) in [5, 5.41) is 13.6. The number of likely N-dealkylation sites (tertiary alicyclic amines) is 1. The summed E-state index contributed by atoms with van der Waals surface area (Å²) in [5.74, 6) is 1.17. The number of nitrogens with one attached hydrogen (secondary N) is 1. The molecule has 2 atom stereocenters. The number of carbonyl (C=O) groups is 1. The number of tetrazole rings is 1. The highest BCUT2D eigenvalue weighted by molar-refractivity contribution is 6.02. The van der Waals surface area contributed by atoms with Gasteiger partial charge in [0.05, 0.1) is 11.6 Å². The predicted octanol–water partition coefficient (Wildman–Crippen LogP) is 1.92. The Bertz CT molecular complexity index is 1160. The Morgan fingerprint density at radius 3 is 3.07 bits per heavy atom. The molecule has 28 heavy (non-hydrogen) atoms. The number of fused-ring (bicyclic) bond motifs is 3. The minimum Gasteiger partial charge on any atom is -0.346 e. The fourth-order valence-electron chi connectivity index (χ4n) is 4.19. The van der Waals surface area contributed by atoms with Gasteiger partial charge in [0.15, 0.2) is 0 Å². The third-order valence-electron chi connectivity index (χ3n) is 5.88. The van der Waals surface area contributed by atoms with E-state index in [1.165, 1.54) is 5.52 Å². The fraction of sp³-hybridized carbons (Fsp3) is 0.421. The molecule has 9 nitrogen and oxygen atoms in total. The van der Waals surface area contributed by atoms with E-state index in [1.54, 1.807) is 11.6 Å². The Labute approximate surface area is 161 Å². The molecule has 1 saturated heterocycles. The summed E-state index contributed by atoms with van der Waals surface area (Å²) in [4.78, 5) is 22.5. The summed E-state index contributed by atoms with van der Waals surface area (Å²) in [7, 11) is 0. The predicted molar refractivity (Wildman–Crippen MR) is 104 cm³/mol. The van der Waals surface area contributed by atoms with Gasteiger partial charge in [0.25, 0.3) is 0 Å². The van der Waals surface area contributed by atoms with Crippen LogP contribution < -0.4 is 0 Å². The first kappa shape index (κ1) is 16.9. The molecule has 1 aliphatic heterocycles. The number of H-pyrrole nitrogens is 1. The Hall–Kier alpha value is -3.23. The molecule has 144 valence electrons. The SMILES string of the molecule is Cc1nnnn1CC(=O)N1CC[C@@H](C)[C@@H](n2ccc3cnc4[nH]ccc4c32)C1. The van der Waals surface area contributed by atoms with Crippen LogP contribution >= 0.6 is 0 Å². The minimum absolute atomic E-state index is 0.0530. The van der Waals surface area contributed by atoms with Crippen LogP contribution in [-0.4, -0.2) is 58.6 Å². The average Bonchev–Trinajstić information content (AvgIpc) is 3.41. The number of aromatic amines is 1. The first-order chi connectivity index (χ1) is 13.6. The van der Waals surface area contributed by atoms with Crippen LogP contribution in [0.5, 0.6) is 0 Å². The van der Waals surface area contributed by atoms with Gasteiger partial charge in [-0.05, 0) is 41.8 Å². The third-order valence-corrected chi connectivity index (χ3v) is 5.88. The van der Waals surface area contributed by atoms with Crippen molar-refractivity contribution in [1.82, 2.24) is 39.6 Å². The highest BCUT2D eigenvalue weighted by Crippen LogP contribution is 2.33. The molecule has 1 N–H and O–H groups in total. The molecule has 4 aromatic rings. The van der Waals surface area contributed by atoms with Crippen molar-refractivity contribution >= 4 is 27.8 Å². The number of carbonyl (C=O) groups excluding carboxylic acids is 1. The summed E-state index contributed by atoms with van der Waals surface area (Å²) in [6, 6.07) is 4.38. The van der Waals surface area contributed by atoms with Crippen molar-refractivity contribution < 1.29 is 4.79 Å². The van der Waals surface area contributed by atoms with Gasteiger partial charge in [-0.25, -0.2) is 9.67 Å². The molecule has 1 fully saturated rings. The van der Waals surface area contributed by atoms with E-state index >= 15 is 0 Å². The highest BCUT2D eigenvalue weighted by Gasteiger charge is 2.31. The zero-order valence-electron chi connectivity index (χ0n) is 15.9. The van der Waals surface area contributed by atoms with E-state index in [0.29, 0.717) is 18.3 Å². The first-order valence-corrected chi connectivity index (χ1v) is 9.55. The molecule has 0 bridgehead atoms. The number of piperidine rings is 1. The molecular weight excluding hydrogens is 356 g/mol. The molecule has 5 rings (SSSR count). The fourth-order valence-corrected chi connectivity index (χ4v) is 4.19. The van der Waals surface area contributed by atoms with Gasteiger partial charge in [0.1, 0.15) is 18.0 Å². The summed E-state index contributed by atoms with van der Waals surface area (Å²) in [5.41, 5.74) is 2.06. The Morgan fingerprint density at radius 2 is 2.25 bits per heavy atom. The molecule has 1 amide bonds. The summed E-state index contributed by atoms with van der Waals surface area (Å²) in [6.45, 7) is 5.69. The maximum Gasteiger partial charge on any atom is 0.244 e. The second kappa shape index (κ2) is 6.43. The first-order valence-electron chi connectivity index (χ1n) is 9.55. The Kier molecular flexibility index (Phi) is 3.88. The normalized spacial score (nSPS) is 20.3. The summed E-state index contributed by atoms with van der Waals surface area (Å²) in [6.07, 6.45) is 6.91. The van der Waals surface area contributed by atoms with Gasteiger partial charge in [0, 0.05) is 42.5 Å². The van der Waals surface area contributed by atoms with Gasteiger partial charge in [-0.1, -0.05) is 6.92 Å². The van der Waals surface area contributed by atoms with Crippen molar-refractivity contribution in [2.75, 3.05) is 13.1 Å². The molecule has 0 unspecified atom stereocenters. The van der Waals surface area contributed by atoms with Crippen LogP contribution in [0.4, 0.5) is 0 Å². The second-order valence-corrected chi connectivity index (χ2v) is 7.58. The number of aromatic nitrogens is 7. The number of aryl methyl sites for hydroxylation is 1. The van der Waals surface area contributed by atoms with Gasteiger partial charge < -0.3 is 14.5 Å². The molecule has 1 aliphatic rings. The molecule has 0 aliphatic carbocycles. The highest BCUT2D eigenvalue weighted by atomic mass is 16.2. The number of rotatable bonds is 3. The zero-order valence-corrected chi connectivity index (χ0v) is 15.9. The van der Waals surface area contributed by atoms with Crippen LogP contribution in [0.25, 0.3) is 21.9 Å². The van der Waals surface area contributed by atoms with Crippen molar-refractivity contribution in [3.63, 3.8) is 0 Å². The van der Waals surface area contributed by atoms with E-state index in [-0.39, 0.29) is 18.5 Å². The van der Waals surface area contributed by atoms with Crippen molar-refractivity contribution in [2.24, 2.45) is 5.92 Å². The monoisotopic (exact) mass is 378 g/mol. The summed E-state index contributed by atoms with van der Waals surface area (Å²) < 4.78 is 3.87. The van der Waals surface area contributed by atoms with Crippen molar-refractivity contribution in [2.45, 2.75) is 32.9 Å². The van der Waals surface area contributed by atoms with Crippen LogP contribution in [-0.2, 0) is 11.3 Å². The van der Waals surface area contributed by atoms with E-state index in [0.717, 1.165) is 29.4 Å². The molecule has 0 spiro atoms. The van der Waals surface area contributed by atoms with E-state index in [2.05, 4.69) is 55.3 Å². The van der Waals surface area contributed by atoms with E-state index in [4.69, 9.17) is 0 Å². The molecule has 0 aromatic carbocycles. The van der Waals surface area contributed by atoms with Crippen molar-refractivity contribution in [1.29, 1.82) is 0 Å². The van der Waals surface area contributed by atoms with Gasteiger partial charge in [0.2, 0.25) is 5.91 Å². The number of amides is 1. The minimum atomic E-state index is 0.0530. The molecule has 0 radical (unpaired) electrons. The quantitative estimate of drug-likeness (QED) is 0.587.